The molecule has 2 aromatic rings. The van der Waals surface area contributed by atoms with Crippen LogP contribution in [0.2, 0.25) is 0 Å². The third-order valence-electron chi connectivity index (χ3n) is 3.01. The molecular weight excluding hydrogens is 236 g/mol. The summed E-state index contributed by atoms with van der Waals surface area (Å²) in [7, 11) is 0. The molecule has 0 aliphatic carbocycles. The van der Waals surface area contributed by atoms with Crippen LogP contribution < -0.4 is 11.1 Å². The lowest BCUT2D eigenvalue weighted by molar-refractivity contribution is -0.403. The van der Waals surface area contributed by atoms with Gasteiger partial charge in [0.2, 0.25) is 0 Å². The zero-order chi connectivity index (χ0) is 13.5. The van der Waals surface area contributed by atoms with Gasteiger partial charge in [-0.3, -0.25) is 4.79 Å². The van der Waals surface area contributed by atoms with Crippen LogP contribution in [0.3, 0.4) is 0 Å². The molecule has 0 aliphatic rings. The van der Waals surface area contributed by atoms with Gasteiger partial charge in [-0.05, 0) is 11.1 Å². The van der Waals surface area contributed by atoms with Gasteiger partial charge in [0, 0.05) is 13.0 Å². The quantitative estimate of drug-likeness (QED) is 0.827. The topological polar surface area (TPSA) is 56.7 Å². The van der Waals surface area contributed by atoms with Crippen LogP contribution in [0, 0.1) is 0 Å². The second-order valence-electron chi connectivity index (χ2n) is 4.59. The lowest BCUT2D eigenvalue weighted by atomic mass is 10.1. The van der Waals surface area contributed by atoms with E-state index in [0.717, 1.165) is 11.1 Å². The van der Waals surface area contributed by atoms with E-state index in [9.17, 15) is 4.79 Å². The van der Waals surface area contributed by atoms with E-state index in [4.69, 9.17) is 0 Å². The molecule has 3 heteroatoms. The second kappa shape index (κ2) is 6.71. The van der Waals surface area contributed by atoms with Gasteiger partial charge in [-0.2, -0.15) is 0 Å². The summed E-state index contributed by atoms with van der Waals surface area (Å²) in [6.45, 7) is 0.556. The zero-order valence-corrected chi connectivity index (χ0v) is 10.9. The van der Waals surface area contributed by atoms with E-state index in [1.807, 2.05) is 60.7 Å². The van der Waals surface area contributed by atoms with Crippen LogP contribution in [0.15, 0.2) is 60.7 Å². The molecule has 1 amide bonds. The van der Waals surface area contributed by atoms with Crippen molar-refractivity contribution in [1.82, 2.24) is 5.32 Å². The average molecular weight is 255 g/mol. The first-order chi connectivity index (χ1) is 9.25. The molecule has 0 aromatic heterocycles. The number of hydrogen-bond acceptors (Lipinski definition) is 1. The van der Waals surface area contributed by atoms with Crippen molar-refractivity contribution in [2.24, 2.45) is 0 Å². The molecule has 0 radical (unpaired) electrons. The molecule has 0 unspecified atom stereocenters. The van der Waals surface area contributed by atoms with E-state index in [0.29, 0.717) is 13.0 Å². The molecular formula is C16H19N2O+. The predicted octanol–water partition coefficient (Wildman–Crippen LogP) is 1.16. The van der Waals surface area contributed by atoms with Crippen LogP contribution in [-0.2, 0) is 17.8 Å². The number of rotatable bonds is 5. The number of hydrogen-bond donors (Lipinski definition) is 2. The summed E-state index contributed by atoms with van der Waals surface area (Å²) in [5, 5.41) is 2.92. The molecule has 19 heavy (non-hydrogen) atoms. The van der Waals surface area contributed by atoms with Crippen LogP contribution in [-0.4, -0.2) is 11.9 Å². The summed E-state index contributed by atoms with van der Waals surface area (Å²) in [6, 6.07) is 19.6. The monoisotopic (exact) mass is 255 g/mol. The minimum Gasteiger partial charge on any atom is -0.347 e. The second-order valence-corrected chi connectivity index (χ2v) is 4.59. The lowest BCUT2D eigenvalue weighted by Crippen LogP contribution is -2.68. The normalized spacial score (nSPS) is 11.8. The molecule has 98 valence electrons. The van der Waals surface area contributed by atoms with E-state index in [-0.39, 0.29) is 11.9 Å². The van der Waals surface area contributed by atoms with Crippen molar-refractivity contribution < 1.29 is 10.5 Å². The highest BCUT2D eigenvalue weighted by Gasteiger charge is 2.16. The number of nitrogens with one attached hydrogen (secondary N) is 1. The van der Waals surface area contributed by atoms with E-state index in [2.05, 4.69) is 11.1 Å². The van der Waals surface area contributed by atoms with Crippen molar-refractivity contribution >= 4 is 5.91 Å². The lowest BCUT2D eigenvalue weighted by Gasteiger charge is -2.09. The predicted molar refractivity (Wildman–Crippen MR) is 75.1 cm³/mol. The van der Waals surface area contributed by atoms with Crippen molar-refractivity contribution in [2.45, 2.75) is 19.0 Å². The highest BCUT2D eigenvalue weighted by atomic mass is 16.2. The number of quaternary nitrogens is 1. The van der Waals surface area contributed by atoms with Crippen molar-refractivity contribution in [3.05, 3.63) is 71.8 Å². The summed E-state index contributed by atoms with van der Waals surface area (Å²) < 4.78 is 0. The maximum Gasteiger partial charge on any atom is 0.278 e. The Labute approximate surface area is 113 Å². The molecule has 2 rings (SSSR count). The van der Waals surface area contributed by atoms with Crippen molar-refractivity contribution in [3.63, 3.8) is 0 Å². The van der Waals surface area contributed by atoms with E-state index < -0.39 is 0 Å². The minimum atomic E-state index is -0.258. The fourth-order valence-corrected chi connectivity index (χ4v) is 1.92. The standard InChI is InChI=1S/C16H18N2O/c17-15(11-13-7-3-1-4-8-13)16(19)18-12-14-9-5-2-6-10-14/h1-10,15H,11-12,17H2,(H,18,19)/p+1/t15-/m0/s1. The highest BCUT2D eigenvalue weighted by Crippen LogP contribution is 2.02. The Bertz CT molecular complexity index is 511. The number of benzene rings is 2. The number of carbonyl (C=O) groups is 1. The number of carbonyl (C=O) groups excluding carboxylic acids is 1. The third-order valence-corrected chi connectivity index (χ3v) is 3.01. The molecule has 4 N–H and O–H groups in total. The molecule has 0 bridgehead atoms. The molecule has 2 aromatic carbocycles. The Hall–Kier alpha value is -2.13. The van der Waals surface area contributed by atoms with Gasteiger partial charge in [0.05, 0.1) is 0 Å². The van der Waals surface area contributed by atoms with Gasteiger partial charge >= 0.3 is 0 Å². The molecule has 1 atom stereocenters. The Balaban J connectivity index is 1.83. The largest absolute Gasteiger partial charge is 0.347 e. The SMILES string of the molecule is [NH3+][C@@H](Cc1ccccc1)C(=O)NCc1ccccc1. The Kier molecular flexibility index (Phi) is 4.70. The first-order valence-electron chi connectivity index (χ1n) is 6.44. The molecule has 0 fully saturated rings. The van der Waals surface area contributed by atoms with E-state index in [1.165, 1.54) is 0 Å². The maximum atomic E-state index is 11.9. The summed E-state index contributed by atoms with van der Waals surface area (Å²) in [6.07, 6.45) is 0.668. The molecule has 0 heterocycles. The number of amides is 1. The summed E-state index contributed by atoms with van der Waals surface area (Å²) >= 11 is 0. The van der Waals surface area contributed by atoms with E-state index in [1.54, 1.807) is 0 Å². The molecule has 0 spiro atoms. The molecule has 0 saturated heterocycles. The Morgan fingerprint density at radius 2 is 1.47 bits per heavy atom. The Morgan fingerprint density at radius 1 is 0.947 bits per heavy atom. The first kappa shape index (κ1) is 13.3. The van der Waals surface area contributed by atoms with Gasteiger partial charge in [0.25, 0.3) is 5.91 Å². The van der Waals surface area contributed by atoms with E-state index >= 15 is 0 Å². The van der Waals surface area contributed by atoms with Crippen LogP contribution in [0.4, 0.5) is 0 Å². The molecule has 0 saturated carbocycles. The average Bonchev–Trinajstić information content (AvgIpc) is 2.47. The first-order valence-corrected chi connectivity index (χ1v) is 6.44. The maximum absolute atomic E-state index is 11.9. The van der Waals surface area contributed by atoms with Gasteiger partial charge < -0.3 is 11.1 Å². The third kappa shape index (κ3) is 4.23. The zero-order valence-electron chi connectivity index (χ0n) is 10.9. The van der Waals surface area contributed by atoms with Crippen LogP contribution in [0.25, 0.3) is 0 Å². The van der Waals surface area contributed by atoms with Gasteiger partial charge in [-0.1, -0.05) is 60.7 Å². The van der Waals surface area contributed by atoms with Crippen molar-refractivity contribution in [2.75, 3.05) is 0 Å². The fourth-order valence-electron chi connectivity index (χ4n) is 1.92. The molecule has 0 aliphatic heterocycles. The fraction of sp³-hybridized carbons (Fsp3) is 0.188. The van der Waals surface area contributed by atoms with Crippen molar-refractivity contribution in [3.8, 4) is 0 Å². The van der Waals surface area contributed by atoms with Gasteiger partial charge in [-0.25, -0.2) is 0 Å². The summed E-state index contributed by atoms with van der Waals surface area (Å²) in [5.74, 6) is -0.00675. The van der Waals surface area contributed by atoms with Crippen LogP contribution in [0.5, 0.6) is 0 Å². The van der Waals surface area contributed by atoms with Crippen LogP contribution >= 0.6 is 0 Å². The van der Waals surface area contributed by atoms with Crippen molar-refractivity contribution in [1.29, 1.82) is 0 Å². The smallest absolute Gasteiger partial charge is 0.278 e. The Morgan fingerprint density at radius 3 is 2.05 bits per heavy atom. The van der Waals surface area contributed by atoms with Crippen LogP contribution in [0.1, 0.15) is 11.1 Å². The summed E-state index contributed by atoms with van der Waals surface area (Å²) in [5.41, 5.74) is 6.17. The highest BCUT2D eigenvalue weighted by molar-refractivity contribution is 5.80. The van der Waals surface area contributed by atoms with Gasteiger partial charge in [0.15, 0.2) is 6.04 Å². The van der Waals surface area contributed by atoms with Gasteiger partial charge in [-0.15, -0.1) is 0 Å². The minimum absolute atomic E-state index is 0.00675. The van der Waals surface area contributed by atoms with Gasteiger partial charge in [0.1, 0.15) is 0 Å². The molecule has 3 nitrogen and oxygen atoms in total. The summed E-state index contributed by atoms with van der Waals surface area (Å²) in [4.78, 5) is 11.9.